The smallest absolute Gasteiger partial charge is 0.323 e. The molecule has 1 aliphatic rings. The lowest BCUT2D eigenvalue weighted by Gasteiger charge is -2.16. The Morgan fingerprint density at radius 2 is 1.94 bits per heavy atom. The molecule has 9 heteroatoms. The number of aromatic nitrogens is 1. The Labute approximate surface area is 180 Å². The van der Waals surface area contributed by atoms with E-state index in [1.165, 1.54) is 18.3 Å². The monoisotopic (exact) mass is 419 g/mol. The summed E-state index contributed by atoms with van der Waals surface area (Å²) in [4.78, 5) is 22.0. The molecule has 1 saturated heterocycles. The number of urea groups is 1. The number of amidine groups is 2. The van der Waals surface area contributed by atoms with Crippen LogP contribution in [0.5, 0.6) is 5.75 Å². The van der Waals surface area contributed by atoms with E-state index in [0.717, 1.165) is 31.5 Å². The van der Waals surface area contributed by atoms with E-state index in [9.17, 15) is 4.79 Å². The fourth-order valence-corrected chi connectivity index (χ4v) is 2.94. The molecule has 5 N–H and O–H groups in total. The van der Waals surface area contributed by atoms with Gasteiger partial charge in [0.05, 0.1) is 5.71 Å². The summed E-state index contributed by atoms with van der Waals surface area (Å²) in [5.74, 6) is 0.883. The number of nitrogens with zero attached hydrogens (tertiary/aromatic N) is 3. The Hall–Kier alpha value is -4.01. The second kappa shape index (κ2) is 10.7. The molecule has 0 aliphatic carbocycles. The number of ether oxygens (including phenoxy) is 1. The quantitative estimate of drug-likeness (QED) is 0.404. The lowest BCUT2D eigenvalue weighted by Crippen LogP contribution is -2.32. The number of amides is 2. The number of nitrogens with two attached hydrogens (primary N) is 1. The van der Waals surface area contributed by atoms with Crippen molar-refractivity contribution in [3.63, 3.8) is 0 Å². The van der Waals surface area contributed by atoms with Crippen molar-refractivity contribution in [2.75, 3.05) is 25.0 Å². The van der Waals surface area contributed by atoms with Crippen molar-refractivity contribution in [3.05, 3.63) is 66.4 Å². The molecule has 160 valence electrons. The molecule has 1 aromatic heterocycles. The second-order valence-electron chi connectivity index (χ2n) is 6.89. The Bertz CT molecular complexity index is 996. The van der Waals surface area contributed by atoms with Crippen LogP contribution >= 0.6 is 0 Å². The number of allylic oxidation sites excluding steroid dienone is 1. The topological polar surface area (TPSA) is 141 Å². The van der Waals surface area contributed by atoms with Gasteiger partial charge in [-0.15, -0.1) is 0 Å². The summed E-state index contributed by atoms with van der Waals surface area (Å²) in [5, 5.41) is 18.6. The predicted octanol–water partition coefficient (Wildman–Crippen LogP) is 3.05. The molecule has 0 bridgehead atoms. The molecule has 31 heavy (non-hydrogen) atoms. The van der Waals surface area contributed by atoms with Crippen molar-refractivity contribution in [1.29, 1.82) is 10.8 Å². The van der Waals surface area contributed by atoms with Crippen LogP contribution in [0.25, 0.3) is 0 Å². The zero-order valence-corrected chi connectivity index (χ0v) is 17.0. The summed E-state index contributed by atoms with van der Waals surface area (Å²) in [7, 11) is 0. The van der Waals surface area contributed by atoms with Crippen LogP contribution in [0.4, 0.5) is 10.6 Å². The minimum Gasteiger partial charge on any atom is -0.486 e. The zero-order valence-electron chi connectivity index (χ0n) is 17.0. The molecule has 2 aromatic rings. The number of rotatable bonds is 7. The average molecular weight is 419 g/mol. The van der Waals surface area contributed by atoms with Crippen molar-refractivity contribution in [1.82, 2.24) is 9.88 Å². The van der Waals surface area contributed by atoms with Gasteiger partial charge in [-0.25, -0.2) is 14.8 Å². The van der Waals surface area contributed by atoms with Gasteiger partial charge in [0.1, 0.15) is 29.8 Å². The van der Waals surface area contributed by atoms with E-state index >= 15 is 0 Å². The van der Waals surface area contributed by atoms with Gasteiger partial charge in [-0.1, -0.05) is 30.3 Å². The van der Waals surface area contributed by atoms with Gasteiger partial charge in [0, 0.05) is 25.4 Å². The fourth-order valence-electron chi connectivity index (χ4n) is 2.94. The third-order valence-electron chi connectivity index (χ3n) is 4.50. The molecule has 2 heterocycles. The molecular weight excluding hydrogens is 394 g/mol. The third kappa shape index (κ3) is 6.77. The van der Waals surface area contributed by atoms with E-state index in [1.807, 2.05) is 30.3 Å². The molecule has 0 saturated carbocycles. The lowest BCUT2D eigenvalue weighted by atomic mass is 10.1. The lowest BCUT2D eigenvalue weighted by molar-refractivity contribution is 0.222. The highest BCUT2D eigenvalue weighted by Gasteiger charge is 2.18. The van der Waals surface area contributed by atoms with E-state index in [-0.39, 0.29) is 30.0 Å². The number of likely N-dealkylation sites (tertiary alicyclic amines) is 1. The standard InChI is InChI=1S/C22H25N7O2/c23-18(16-6-2-1-3-7-16)8-9-19(24)27-20(25)15-31-17-10-11-26-21(14-17)28-22(30)29-12-4-5-13-29/h1-3,6-11,14,23H,4-5,12-13,15H2,(H3,24,25,27)(H,26,28,30)/b9-8-,23-18?. The highest BCUT2D eigenvalue weighted by Crippen LogP contribution is 2.16. The number of hydrogen-bond donors (Lipinski definition) is 4. The van der Waals surface area contributed by atoms with Gasteiger partial charge in [-0.05, 0) is 36.6 Å². The summed E-state index contributed by atoms with van der Waals surface area (Å²) in [6.45, 7) is 1.47. The van der Waals surface area contributed by atoms with Crippen molar-refractivity contribution in [2.45, 2.75) is 12.8 Å². The Morgan fingerprint density at radius 1 is 1.19 bits per heavy atom. The largest absolute Gasteiger partial charge is 0.486 e. The minimum absolute atomic E-state index is 0.0319. The highest BCUT2D eigenvalue weighted by atomic mass is 16.5. The molecule has 1 aliphatic heterocycles. The van der Waals surface area contributed by atoms with E-state index in [1.54, 1.807) is 17.0 Å². The maximum Gasteiger partial charge on any atom is 0.323 e. The molecule has 1 fully saturated rings. The van der Waals surface area contributed by atoms with Crippen molar-refractivity contribution < 1.29 is 9.53 Å². The summed E-state index contributed by atoms with van der Waals surface area (Å²) < 4.78 is 5.59. The zero-order chi connectivity index (χ0) is 22.1. The first-order chi connectivity index (χ1) is 15.0. The number of aliphatic imine (C=N–C) groups is 1. The van der Waals surface area contributed by atoms with E-state index in [4.69, 9.17) is 21.3 Å². The Balaban J connectivity index is 1.50. The first-order valence-corrected chi connectivity index (χ1v) is 9.89. The number of nitrogens with one attached hydrogen (secondary N) is 3. The molecule has 2 amide bonds. The molecular formula is C22H25N7O2. The number of pyridine rings is 1. The van der Waals surface area contributed by atoms with Crippen LogP contribution in [0.2, 0.25) is 0 Å². The second-order valence-corrected chi connectivity index (χ2v) is 6.89. The van der Waals surface area contributed by atoms with Gasteiger partial charge in [0.25, 0.3) is 0 Å². The molecule has 0 atom stereocenters. The Kier molecular flexibility index (Phi) is 7.47. The van der Waals surface area contributed by atoms with Gasteiger partial charge in [0.2, 0.25) is 0 Å². The van der Waals surface area contributed by atoms with Gasteiger partial charge >= 0.3 is 6.03 Å². The van der Waals surface area contributed by atoms with E-state index < -0.39 is 0 Å². The molecule has 1 aromatic carbocycles. The number of carbonyl (C=O) groups is 1. The summed E-state index contributed by atoms with van der Waals surface area (Å²) in [5.41, 5.74) is 6.87. The molecule has 0 radical (unpaired) electrons. The van der Waals surface area contributed by atoms with Crippen molar-refractivity contribution in [3.8, 4) is 5.75 Å². The third-order valence-corrected chi connectivity index (χ3v) is 4.50. The van der Waals surface area contributed by atoms with Gasteiger partial charge < -0.3 is 20.8 Å². The molecule has 0 spiro atoms. The van der Waals surface area contributed by atoms with Crippen LogP contribution in [-0.4, -0.2) is 53.0 Å². The maximum atomic E-state index is 12.2. The summed E-state index contributed by atoms with van der Waals surface area (Å²) in [6, 6.07) is 12.3. The first kappa shape index (κ1) is 21.7. The number of benzene rings is 1. The first-order valence-electron chi connectivity index (χ1n) is 9.89. The summed E-state index contributed by atoms with van der Waals surface area (Å²) in [6.07, 6.45) is 6.46. The SMILES string of the molecule is N=C(/C=C\C(=N)c1ccccc1)N=C(N)COc1ccnc(NC(=O)N2CCCC2)c1. The minimum atomic E-state index is -0.176. The van der Waals surface area contributed by atoms with Crippen LogP contribution in [0, 0.1) is 10.8 Å². The van der Waals surface area contributed by atoms with Crippen LogP contribution in [0.3, 0.4) is 0 Å². The van der Waals surface area contributed by atoms with Crippen LogP contribution < -0.4 is 15.8 Å². The van der Waals surface area contributed by atoms with Gasteiger partial charge in [-0.2, -0.15) is 0 Å². The highest BCUT2D eigenvalue weighted by molar-refractivity contribution is 6.11. The van der Waals surface area contributed by atoms with Crippen LogP contribution in [0.15, 0.2) is 65.8 Å². The van der Waals surface area contributed by atoms with Crippen LogP contribution in [0.1, 0.15) is 18.4 Å². The molecule has 0 unspecified atom stereocenters. The number of hydrogen-bond acceptors (Lipinski definition) is 5. The Morgan fingerprint density at radius 3 is 2.68 bits per heavy atom. The normalized spacial score (nSPS) is 13.9. The van der Waals surface area contributed by atoms with Crippen molar-refractivity contribution in [2.24, 2.45) is 10.7 Å². The van der Waals surface area contributed by atoms with Gasteiger partial charge in [-0.3, -0.25) is 10.7 Å². The maximum absolute atomic E-state index is 12.2. The average Bonchev–Trinajstić information content (AvgIpc) is 3.32. The van der Waals surface area contributed by atoms with E-state index in [2.05, 4.69) is 15.3 Å². The fraction of sp³-hybridized carbons (Fsp3) is 0.227. The van der Waals surface area contributed by atoms with E-state index in [0.29, 0.717) is 11.6 Å². The predicted molar refractivity (Wildman–Crippen MR) is 121 cm³/mol. The van der Waals surface area contributed by atoms with Crippen molar-refractivity contribution >= 4 is 29.2 Å². The van der Waals surface area contributed by atoms with Crippen LogP contribution in [-0.2, 0) is 0 Å². The summed E-state index contributed by atoms with van der Waals surface area (Å²) >= 11 is 0. The molecule has 9 nitrogen and oxygen atoms in total. The number of carbonyl (C=O) groups excluding carboxylic acids is 1. The van der Waals surface area contributed by atoms with Gasteiger partial charge in [0.15, 0.2) is 0 Å². The molecule has 3 rings (SSSR count). The number of anilines is 1.